The van der Waals surface area contributed by atoms with Gasteiger partial charge in [0.2, 0.25) is 0 Å². The molecule has 80 valence electrons. The lowest BCUT2D eigenvalue weighted by Gasteiger charge is -2.04. The number of aromatic nitrogens is 3. The molecule has 0 amide bonds. The van der Waals surface area contributed by atoms with E-state index in [0.717, 1.165) is 5.56 Å². The van der Waals surface area contributed by atoms with Crippen molar-refractivity contribution in [1.82, 2.24) is 15.0 Å². The molecule has 5 heteroatoms. The summed E-state index contributed by atoms with van der Waals surface area (Å²) >= 11 is 0. The van der Waals surface area contributed by atoms with Gasteiger partial charge in [0.25, 0.3) is 0 Å². The molecule has 0 spiro atoms. The maximum absolute atomic E-state index is 11.5. The quantitative estimate of drug-likeness (QED) is 0.707. The third-order valence-electron chi connectivity index (χ3n) is 2.03. The van der Waals surface area contributed by atoms with Crippen LogP contribution < -0.4 is 0 Å². The molecule has 2 heterocycles. The molecule has 0 atom stereocenters. The van der Waals surface area contributed by atoms with Gasteiger partial charge in [-0.15, -0.1) is 0 Å². The number of hydrogen-bond donors (Lipinski definition) is 0. The van der Waals surface area contributed by atoms with E-state index in [1.807, 2.05) is 0 Å². The molecule has 0 aromatic carbocycles. The van der Waals surface area contributed by atoms with Crippen molar-refractivity contribution < 1.29 is 9.53 Å². The Bertz CT molecular complexity index is 500. The largest absolute Gasteiger partial charge is 0.464 e. The SMILES string of the molecule is COC(=O)c1nccnc1-c1ccncc1. The van der Waals surface area contributed by atoms with Gasteiger partial charge in [-0.2, -0.15) is 0 Å². The second-order valence-electron chi connectivity index (χ2n) is 2.98. The van der Waals surface area contributed by atoms with E-state index in [-0.39, 0.29) is 5.69 Å². The summed E-state index contributed by atoms with van der Waals surface area (Å²) in [5.41, 5.74) is 1.48. The molecule has 0 bridgehead atoms. The fourth-order valence-corrected chi connectivity index (χ4v) is 1.31. The first kappa shape index (κ1) is 10.2. The number of ether oxygens (including phenoxy) is 1. The van der Waals surface area contributed by atoms with E-state index in [1.54, 1.807) is 24.5 Å². The van der Waals surface area contributed by atoms with Gasteiger partial charge in [0.05, 0.1) is 7.11 Å². The summed E-state index contributed by atoms with van der Waals surface area (Å²) < 4.78 is 4.64. The minimum atomic E-state index is -0.500. The predicted octanol–water partition coefficient (Wildman–Crippen LogP) is 1.33. The van der Waals surface area contributed by atoms with Crippen molar-refractivity contribution in [3.63, 3.8) is 0 Å². The lowest BCUT2D eigenvalue weighted by molar-refractivity contribution is 0.0594. The molecule has 0 radical (unpaired) electrons. The maximum Gasteiger partial charge on any atom is 0.358 e. The van der Waals surface area contributed by atoms with Crippen LogP contribution >= 0.6 is 0 Å². The Balaban J connectivity index is 2.53. The number of methoxy groups -OCH3 is 1. The minimum Gasteiger partial charge on any atom is -0.464 e. The average Bonchev–Trinajstić information content (AvgIpc) is 2.39. The monoisotopic (exact) mass is 215 g/mol. The van der Waals surface area contributed by atoms with Gasteiger partial charge >= 0.3 is 5.97 Å². The number of carbonyl (C=O) groups excluding carboxylic acids is 1. The highest BCUT2D eigenvalue weighted by molar-refractivity contribution is 5.93. The van der Waals surface area contributed by atoms with Crippen molar-refractivity contribution in [1.29, 1.82) is 0 Å². The molecule has 0 fully saturated rings. The third kappa shape index (κ3) is 1.88. The zero-order valence-electron chi connectivity index (χ0n) is 8.62. The molecule has 0 unspecified atom stereocenters. The van der Waals surface area contributed by atoms with Gasteiger partial charge in [0, 0.05) is 30.4 Å². The zero-order chi connectivity index (χ0) is 11.4. The second-order valence-corrected chi connectivity index (χ2v) is 2.98. The van der Waals surface area contributed by atoms with Crippen LogP contribution in [-0.2, 0) is 4.74 Å². The molecule has 0 aliphatic rings. The zero-order valence-corrected chi connectivity index (χ0v) is 8.62. The Morgan fingerprint density at radius 3 is 2.50 bits per heavy atom. The first-order valence-electron chi connectivity index (χ1n) is 4.62. The molecular formula is C11H9N3O2. The molecule has 2 aromatic rings. The fraction of sp³-hybridized carbons (Fsp3) is 0.0909. The van der Waals surface area contributed by atoms with E-state index in [1.165, 1.54) is 19.5 Å². The molecule has 5 nitrogen and oxygen atoms in total. The Labute approximate surface area is 92.2 Å². The predicted molar refractivity (Wildman–Crippen MR) is 56.6 cm³/mol. The van der Waals surface area contributed by atoms with E-state index in [2.05, 4.69) is 19.7 Å². The third-order valence-corrected chi connectivity index (χ3v) is 2.03. The van der Waals surface area contributed by atoms with E-state index >= 15 is 0 Å². The Morgan fingerprint density at radius 1 is 1.12 bits per heavy atom. The van der Waals surface area contributed by atoms with Crippen LogP contribution in [0.1, 0.15) is 10.5 Å². The summed E-state index contributed by atoms with van der Waals surface area (Å²) in [4.78, 5) is 23.5. The molecule has 2 rings (SSSR count). The smallest absolute Gasteiger partial charge is 0.358 e. The van der Waals surface area contributed by atoms with Crippen LogP contribution in [0.3, 0.4) is 0 Å². The number of carbonyl (C=O) groups is 1. The van der Waals surface area contributed by atoms with Crippen LogP contribution in [0, 0.1) is 0 Å². The first-order chi connectivity index (χ1) is 7.83. The number of rotatable bonds is 2. The van der Waals surface area contributed by atoms with Crippen molar-refractivity contribution in [2.75, 3.05) is 7.11 Å². The van der Waals surface area contributed by atoms with Gasteiger partial charge in [-0.3, -0.25) is 9.97 Å². The van der Waals surface area contributed by atoms with Crippen molar-refractivity contribution in [3.8, 4) is 11.3 Å². The van der Waals surface area contributed by atoms with E-state index in [4.69, 9.17) is 0 Å². The lowest BCUT2D eigenvalue weighted by atomic mass is 10.1. The van der Waals surface area contributed by atoms with Crippen LogP contribution in [0.5, 0.6) is 0 Å². The van der Waals surface area contributed by atoms with Gasteiger partial charge in [0.1, 0.15) is 5.69 Å². The second kappa shape index (κ2) is 4.48. The standard InChI is InChI=1S/C11H9N3O2/c1-16-11(15)10-9(13-6-7-14-10)8-2-4-12-5-3-8/h2-7H,1H3. The number of nitrogens with zero attached hydrogens (tertiary/aromatic N) is 3. The van der Waals surface area contributed by atoms with Crippen LogP contribution in [0.25, 0.3) is 11.3 Å². The van der Waals surface area contributed by atoms with Crippen LogP contribution in [-0.4, -0.2) is 28.0 Å². The molecule has 0 aliphatic heterocycles. The Hall–Kier alpha value is -2.30. The average molecular weight is 215 g/mol. The van der Waals surface area contributed by atoms with E-state index in [0.29, 0.717) is 5.69 Å². The highest BCUT2D eigenvalue weighted by atomic mass is 16.5. The molecule has 2 aromatic heterocycles. The van der Waals surface area contributed by atoms with Crippen molar-refractivity contribution in [2.24, 2.45) is 0 Å². The van der Waals surface area contributed by atoms with Crippen LogP contribution in [0.2, 0.25) is 0 Å². The van der Waals surface area contributed by atoms with E-state index in [9.17, 15) is 4.79 Å². The number of esters is 1. The van der Waals surface area contributed by atoms with E-state index < -0.39 is 5.97 Å². The number of pyridine rings is 1. The lowest BCUT2D eigenvalue weighted by Crippen LogP contribution is -2.07. The van der Waals surface area contributed by atoms with Gasteiger partial charge < -0.3 is 4.74 Å². The van der Waals surface area contributed by atoms with Crippen molar-refractivity contribution in [3.05, 3.63) is 42.6 Å². The Kier molecular flexibility index (Phi) is 2.86. The molecule has 0 saturated heterocycles. The molecule has 0 aliphatic carbocycles. The summed E-state index contributed by atoms with van der Waals surface area (Å²) in [6.07, 6.45) is 6.25. The topological polar surface area (TPSA) is 65.0 Å². The molecule has 0 saturated carbocycles. The summed E-state index contributed by atoms with van der Waals surface area (Å²) in [6, 6.07) is 3.52. The molecule has 16 heavy (non-hydrogen) atoms. The fourth-order valence-electron chi connectivity index (χ4n) is 1.31. The Morgan fingerprint density at radius 2 is 1.81 bits per heavy atom. The normalized spacial score (nSPS) is 9.81. The van der Waals surface area contributed by atoms with Crippen LogP contribution in [0.15, 0.2) is 36.9 Å². The van der Waals surface area contributed by atoms with Gasteiger partial charge in [0.15, 0.2) is 5.69 Å². The van der Waals surface area contributed by atoms with Crippen molar-refractivity contribution >= 4 is 5.97 Å². The highest BCUT2D eigenvalue weighted by Crippen LogP contribution is 2.18. The summed E-state index contributed by atoms with van der Waals surface area (Å²) in [5, 5.41) is 0. The minimum absolute atomic E-state index is 0.205. The highest BCUT2D eigenvalue weighted by Gasteiger charge is 2.15. The number of hydrogen-bond acceptors (Lipinski definition) is 5. The maximum atomic E-state index is 11.5. The van der Waals surface area contributed by atoms with Gasteiger partial charge in [-0.05, 0) is 12.1 Å². The molecule has 0 N–H and O–H groups in total. The summed E-state index contributed by atoms with van der Waals surface area (Å²) in [6.45, 7) is 0. The summed E-state index contributed by atoms with van der Waals surface area (Å²) in [5.74, 6) is -0.500. The summed E-state index contributed by atoms with van der Waals surface area (Å²) in [7, 11) is 1.31. The first-order valence-corrected chi connectivity index (χ1v) is 4.62. The molecular weight excluding hydrogens is 206 g/mol. The van der Waals surface area contributed by atoms with Crippen molar-refractivity contribution in [2.45, 2.75) is 0 Å². The van der Waals surface area contributed by atoms with Gasteiger partial charge in [-0.1, -0.05) is 0 Å². The van der Waals surface area contributed by atoms with Gasteiger partial charge in [-0.25, -0.2) is 9.78 Å². The van der Waals surface area contributed by atoms with Crippen LogP contribution in [0.4, 0.5) is 0 Å².